The van der Waals surface area contributed by atoms with Gasteiger partial charge in [-0.15, -0.1) is 0 Å². The van der Waals surface area contributed by atoms with E-state index in [4.69, 9.17) is 4.42 Å². The van der Waals surface area contributed by atoms with Crippen LogP contribution in [0.2, 0.25) is 0 Å². The number of nitrogens with zero attached hydrogens (tertiary/aromatic N) is 2. The van der Waals surface area contributed by atoms with Crippen molar-refractivity contribution in [3.05, 3.63) is 70.8 Å². The first-order valence-electron chi connectivity index (χ1n) is 7.76. The predicted octanol–water partition coefficient (Wildman–Crippen LogP) is 1.69. The molecule has 0 saturated carbocycles. The number of aromatic hydroxyl groups is 1. The third-order valence-electron chi connectivity index (χ3n) is 3.90. The van der Waals surface area contributed by atoms with Crippen molar-refractivity contribution in [2.24, 2.45) is 4.99 Å². The molecule has 0 unspecified atom stereocenters. The zero-order chi connectivity index (χ0) is 18.1. The number of hydrogen-bond acceptors (Lipinski definition) is 5. The number of rotatable bonds is 2. The van der Waals surface area contributed by atoms with Crippen LogP contribution in [0.4, 0.5) is 0 Å². The Morgan fingerprint density at radius 3 is 3.00 bits per heavy atom. The van der Waals surface area contributed by atoms with Gasteiger partial charge < -0.3 is 19.6 Å². The van der Waals surface area contributed by atoms with E-state index in [9.17, 15) is 15.0 Å². The Morgan fingerprint density at radius 1 is 1.27 bits per heavy atom. The number of fused-ring (bicyclic) bond motifs is 1. The Hall–Kier alpha value is -3.87. The number of carbonyl (C=O) groups is 1. The summed E-state index contributed by atoms with van der Waals surface area (Å²) in [5.74, 6) is -1.74. The maximum Gasteiger partial charge on any atom is 0.343 e. The molecule has 7 nitrogen and oxygen atoms in total. The van der Waals surface area contributed by atoms with E-state index >= 15 is 0 Å². The van der Waals surface area contributed by atoms with E-state index in [1.165, 1.54) is 6.21 Å². The second-order valence-electron chi connectivity index (χ2n) is 5.52. The summed E-state index contributed by atoms with van der Waals surface area (Å²) in [6.07, 6.45) is 13.2. The van der Waals surface area contributed by atoms with E-state index in [0.717, 1.165) is 5.39 Å². The molecule has 26 heavy (non-hydrogen) atoms. The molecule has 0 fully saturated rings. The maximum atomic E-state index is 11.6. The Morgan fingerprint density at radius 2 is 2.15 bits per heavy atom. The predicted molar refractivity (Wildman–Crippen MR) is 96.4 cm³/mol. The van der Waals surface area contributed by atoms with Crippen LogP contribution in [-0.2, 0) is 0 Å². The molecule has 1 aliphatic rings. The molecule has 0 amide bonds. The molecule has 0 atom stereocenters. The molecular formula is C19H13N3O4. The Bertz CT molecular complexity index is 1210. The summed E-state index contributed by atoms with van der Waals surface area (Å²) in [5.41, 5.74) is 1.41. The van der Waals surface area contributed by atoms with Crippen LogP contribution in [0, 0.1) is 0 Å². The molecule has 7 heteroatoms. The highest BCUT2D eigenvalue weighted by Crippen LogP contribution is 2.18. The van der Waals surface area contributed by atoms with Crippen molar-refractivity contribution < 1.29 is 19.4 Å². The lowest BCUT2D eigenvalue weighted by Gasteiger charge is -1.92. The van der Waals surface area contributed by atoms with Gasteiger partial charge in [0.15, 0.2) is 16.6 Å². The minimum atomic E-state index is -1.30. The van der Waals surface area contributed by atoms with Gasteiger partial charge in [0, 0.05) is 29.6 Å². The maximum absolute atomic E-state index is 11.6. The van der Waals surface area contributed by atoms with Gasteiger partial charge in [0.25, 0.3) is 0 Å². The quantitative estimate of drug-likeness (QED) is 0.653. The molecule has 0 spiro atoms. The van der Waals surface area contributed by atoms with Crippen LogP contribution in [0.3, 0.4) is 0 Å². The first-order valence-corrected chi connectivity index (χ1v) is 7.76. The van der Waals surface area contributed by atoms with Crippen LogP contribution in [-0.4, -0.2) is 32.4 Å². The summed E-state index contributed by atoms with van der Waals surface area (Å²) < 4.78 is 5.67. The van der Waals surface area contributed by atoms with E-state index in [0.29, 0.717) is 16.9 Å². The molecule has 4 rings (SSSR count). The van der Waals surface area contributed by atoms with Crippen LogP contribution < -0.4 is 10.8 Å². The average molecular weight is 347 g/mol. The van der Waals surface area contributed by atoms with Gasteiger partial charge in [0.05, 0.1) is 0 Å². The molecule has 1 aliphatic heterocycles. The number of nitrogens with one attached hydrogen (secondary N) is 1. The summed E-state index contributed by atoms with van der Waals surface area (Å²) in [6, 6.07) is 3.65. The van der Waals surface area contributed by atoms with Crippen molar-refractivity contribution in [1.29, 1.82) is 0 Å². The van der Waals surface area contributed by atoms with E-state index < -0.39 is 11.7 Å². The first kappa shape index (κ1) is 15.6. The van der Waals surface area contributed by atoms with Gasteiger partial charge in [-0.3, -0.25) is 4.99 Å². The standard InChI is InChI=1S/C19H13N3O4/c23-16-14(9-11-10-22-18-12(11)5-4-8-21-18)26-17(15(16)19(24)25)13-6-2-1-3-7-20-13/h1-10,23H,(H,21,22)(H,24,25). The highest BCUT2D eigenvalue weighted by Gasteiger charge is 2.20. The van der Waals surface area contributed by atoms with E-state index in [1.807, 2.05) is 6.07 Å². The van der Waals surface area contributed by atoms with Gasteiger partial charge in [-0.05, 0) is 30.4 Å². The van der Waals surface area contributed by atoms with E-state index in [-0.39, 0.29) is 16.4 Å². The third kappa shape index (κ3) is 2.61. The van der Waals surface area contributed by atoms with Gasteiger partial charge >= 0.3 is 5.97 Å². The van der Waals surface area contributed by atoms with Crippen LogP contribution in [0.5, 0.6) is 5.75 Å². The topological polar surface area (TPSA) is 112 Å². The number of H-pyrrole nitrogens is 1. The van der Waals surface area contributed by atoms with Crippen LogP contribution >= 0.6 is 0 Å². The number of hydrogen-bond donors (Lipinski definition) is 3. The van der Waals surface area contributed by atoms with Crippen LogP contribution in [0.15, 0.2) is 58.2 Å². The molecule has 4 heterocycles. The molecule has 0 bridgehead atoms. The number of pyridine rings is 1. The number of aromatic nitrogens is 2. The fraction of sp³-hybridized carbons (Fsp3) is 0. The van der Waals surface area contributed by atoms with Crippen LogP contribution in [0.1, 0.15) is 15.9 Å². The molecule has 3 N–H and O–H groups in total. The number of aromatic carboxylic acids is 1. The summed E-state index contributed by atoms with van der Waals surface area (Å²) in [7, 11) is 0. The number of furan rings is 1. The summed E-state index contributed by atoms with van der Waals surface area (Å²) in [6.45, 7) is 0. The van der Waals surface area contributed by atoms with Gasteiger partial charge in [-0.25, -0.2) is 9.78 Å². The number of carboxylic acids is 1. The lowest BCUT2D eigenvalue weighted by Crippen LogP contribution is -2.13. The van der Waals surface area contributed by atoms with Crippen LogP contribution in [0.25, 0.3) is 22.8 Å². The fourth-order valence-corrected chi connectivity index (χ4v) is 2.72. The molecule has 128 valence electrons. The minimum absolute atomic E-state index is 0.00424. The molecule has 3 aromatic rings. The zero-order valence-corrected chi connectivity index (χ0v) is 13.4. The highest BCUT2D eigenvalue weighted by atomic mass is 16.4. The molecule has 0 aromatic carbocycles. The average Bonchev–Trinajstić information content (AvgIpc) is 3.05. The molecule has 0 aliphatic carbocycles. The van der Waals surface area contributed by atoms with Crippen molar-refractivity contribution in [2.45, 2.75) is 0 Å². The second kappa shape index (κ2) is 6.21. The van der Waals surface area contributed by atoms with Crippen molar-refractivity contribution in [2.75, 3.05) is 0 Å². The molecule has 3 aromatic heterocycles. The van der Waals surface area contributed by atoms with Crippen molar-refractivity contribution in [3.63, 3.8) is 0 Å². The first-order chi connectivity index (χ1) is 12.6. The van der Waals surface area contributed by atoms with Gasteiger partial charge in [-0.2, -0.15) is 0 Å². The van der Waals surface area contributed by atoms with Gasteiger partial charge in [0.2, 0.25) is 0 Å². The smallest absolute Gasteiger partial charge is 0.343 e. The lowest BCUT2D eigenvalue weighted by molar-refractivity contribution is 0.0691. The summed E-state index contributed by atoms with van der Waals surface area (Å²) in [5, 5.41) is 20.7. The van der Waals surface area contributed by atoms with Crippen molar-refractivity contribution >= 4 is 35.0 Å². The number of aliphatic imine (C=N–C) groups is 1. The van der Waals surface area contributed by atoms with E-state index in [1.54, 1.807) is 48.8 Å². The SMILES string of the molecule is O=C(O)c1c(O)c(=Cc2c[nH]c3ncccc23)oc1=C1C=CC=CC=N1. The monoisotopic (exact) mass is 347 g/mol. The summed E-state index contributed by atoms with van der Waals surface area (Å²) >= 11 is 0. The minimum Gasteiger partial charge on any atom is -0.504 e. The fourth-order valence-electron chi connectivity index (χ4n) is 2.72. The molecule has 0 saturated heterocycles. The zero-order valence-electron chi connectivity index (χ0n) is 13.4. The van der Waals surface area contributed by atoms with Gasteiger partial charge in [-0.1, -0.05) is 12.2 Å². The number of carboxylic acid groups (broad SMARTS) is 1. The van der Waals surface area contributed by atoms with Crippen molar-refractivity contribution in [1.82, 2.24) is 9.97 Å². The Kier molecular flexibility index (Phi) is 3.74. The van der Waals surface area contributed by atoms with Gasteiger partial charge in [0.1, 0.15) is 16.9 Å². The Labute approximate surface area is 146 Å². The largest absolute Gasteiger partial charge is 0.504 e. The Balaban J connectivity index is 2.01. The molecular weight excluding hydrogens is 334 g/mol. The van der Waals surface area contributed by atoms with Crippen molar-refractivity contribution in [3.8, 4) is 5.75 Å². The highest BCUT2D eigenvalue weighted by molar-refractivity contribution is 5.93. The lowest BCUT2D eigenvalue weighted by atomic mass is 10.2. The second-order valence-corrected chi connectivity index (χ2v) is 5.52. The normalized spacial score (nSPS) is 16.4. The number of aromatic amines is 1. The molecule has 0 radical (unpaired) electrons. The van der Waals surface area contributed by atoms with E-state index in [2.05, 4.69) is 15.0 Å². The number of allylic oxidation sites excluding steroid dienone is 3. The summed E-state index contributed by atoms with van der Waals surface area (Å²) in [4.78, 5) is 23.0. The third-order valence-corrected chi connectivity index (χ3v) is 3.90.